The summed E-state index contributed by atoms with van der Waals surface area (Å²) in [5.41, 5.74) is 1.66. The van der Waals surface area contributed by atoms with Crippen molar-refractivity contribution in [3.63, 3.8) is 0 Å². The van der Waals surface area contributed by atoms with Crippen LogP contribution >= 0.6 is 0 Å². The van der Waals surface area contributed by atoms with E-state index in [9.17, 15) is 22.8 Å². The SMILES string of the molecule is CCOC(=O)c1c(C)[nH]c(C(=O)COC(=O)[C@H](C)N=C2NS(=O)(=O)c3ccccc32)c1C. The van der Waals surface area contributed by atoms with Crippen LogP contribution in [0.1, 0.15) is 51.5 Å². The number of aromatic nitrogens is 1. The molecule has 32 heavy (non-hydrogen) atoms. The summed E-state index contributed by atoms with van der Waals surface area (Å²) in [6, 6.07) is 5.19. The molecular formula is C21H23N3O7S. The number of nitrogens with zero attached hydrogens (tertiary/aromatic N) is 1. The second-order valence-electron chi connectivity index (χ2n) is 7.13. The lowest BCUT2D eigenvalue weighted by atomic mass is 10.1. The Bertz CT molecular complexity index is 1230. The number of ketones is 1. The average Bonchev–Trinajstić information content (AvgIpc) is 3.18. The number of carbonyl (C=O) groups is 3. The maximum Gasteiger partial charge on any atom is 0.340 e. The zero-order chi connectivity index (χ0) is 23.6. The molecule has 2 aromatic rings. The van der Waals surface area contributed by atoms with E-state index in [4.69, 9.17) is 9.47 Å². The Morgan fingerprint density at radius 3 is 2.50 bits per heavy atom. The van der Waals surface area contributed by atoms with Gasteiger partial charge >= 0.3 is 11.9 Å². The van der Waals surface area contributed by atoms with Gasteiger partial charge in [-0.05, 0) is 45.4 Å². The van der Waals surface area contributed by atoms with E-state index >= 15 is 0 Å². The minimum Gasteiger partial charge on any atom is -0.462 e. The zero-order valence-corrected chi connectivity index (χ0v) is 18.8. The molecule has 1 aliphatic rings. The third-order valence-corrected chi connectivity index (χ3v) is 6.27. The van der Waals surface area contributed by atoms with Crippen LogP contribution in [-0.4, -0.2) is 56.2 Å². The molecule has 1 aliphatic heterocycles. The van der Waals surface area contributed by atoms with Gasteiger partial charge in [0, 0.05) is 11.3 Å². The number of aryl methyl sites for hydroxylation is 1. The molecular weight excluding hydrogens is 438 g/mol. The Labute approximate surface area is 185 Å². The van der Waals surface area contributed by atoms with E-state index in [1.807, 2.05) is 0 Å². The summed E-state index contributed by atoms with van der Waals surface area (Å²) in [6.45, 7) is 5.98. The molecule has 3 rings (SSSR count). The summed E-state index contributed by atoms with van der Waals surface area (Å²) < 4.78 is 36.7. The molecule has 11 heteroatoms. The fourth-order valence-corrected chi connectivity index (χ4v) is 4.58. The lowest BCUT2D eigenvalue weighted by Gasteiger charge is -2.09. The second-order valence-corrected chi connectivity index (χ2v) is 8.78. The lowest BCUT2D eigenvalue weighted by Crippen LogP contribution is -2.27. The number of nitrogens with one attached hydrogen (secondary N) is 2. The normalized spacial score (nSPS) is 16.2. The molecule has 0 saturated carbocycles. The highest BCUT2D eigenvalue weighted by atomic mass is 32.2. The number of H-pyrrole nitrogens is 1. The van der Waals surface area contributed by atoms with Crippen LogP contribution in [0.3, 0.4) is 0 Å². The molecule has 0 unspecified atom stereocenters. The van der Waals surface area contributed by atoms with Crippen LogP contribution in [0.2, 0.25) is 0 Å². The van der Waals surface area contributed by atoms with Crippen molar-refractivity contribution in [3.8, 4) is 0 Å². The first-order valence-corrected chi connectivity index (χ1v) is 11.3. The van der Waals surface area contributed by atoms with Gasteiger partial charge < -0.3 is 14.5 Å². The van der Waals surface area contributed by atoms with Crippen molar-refractivity contribution in [1.82, 2.24) is 9.71 Å². The molecule has 0 amide bonds. The van der Waals surface area contributed by atoms with E-state index in [0.29, 0.717) is 16.8 Å². The monoisotopic (exact) mass is 461 g/mol. The minimum atomic E-state index is -3.73. The maximum atomic E-state index is 12.5. The molecule has 1 aromatic carbocycles. The number of rotatable bonds is 7. The van der Waals surface area contributed by atoms with E-state index in [2.05, 4.69) is 14.7 Å². The quantitative estimate of drug-likeness (QED) is 0.471. The van der Waals surface area contributed by atoms with Crippen molar-refractivity contribution >= 4 is 33.6 Å². The van der Waals surface area contributed by atoms with Crippen LogP contribution in [0.4, 0.5) is 0 Å². The molecule has 0 spiro atoms. The van der Waals surface area contributed by atoms with Crippen molar-refractivity contribution in [1.29, 1.82) is 0 Å². The van der Waals surface area contributed by atoms with Gasteiger partial charge in [-0.2, -0.15) is 0 Å². The van der Waals surface area contributed by atoms with Gasteiger partial charge in [-0.15, -0.1) is 0 Å². The number of amidine groups is 1. The Kier molecular flexibility index (Phi) is 6.49. The molecule has 1 atom stereocenters. The van der Waals surface area contributed by atoms with Crippen LogP contribution < -0.4 is 4.72 Å². The Hall–Kier alpha value is -3.47. The Morgan fingerprint density at radius 1 is 1.12 bits per heavy atom. The van der Waals surface area contributed by atoms with Gasteiger partial charge in [0.1, 0.15) is 11.9 Å². The van der Waals surface area contributed by atoms with E-state index < -0.39 is 40.4 Å². The first-order valence-electron chi connectivity index (χ1n) is 9.83. The van der Waals surface area contributed by atoms with E-state index in [1.165, 1.54) is 13.0 Å². The predicted molar refractivity (Wildman–Crippen MR) is 114 cm³/mol. The van der Waals surface area contributed by atoms with E-state index in [1.54, 1.807) is 39.0 Å². The molecule has 10 nitrogen and oxygen atoms in total. The first kappa shape index (κ1) is 23.2. The predicted octanol–water partition coefficient (Wildman–Crippen LogP) is 1.66. The van der Waals surface area contributed by atoms with Gasteiger partial charge in [0.05, 0.1) is 22.8 Å². The first-order chi connectivity index (χ1) is 15.1. The average molecular weight is 461 g/mol. The van der Waals surface area contributed by atoms with E-state index in [-0.39, 0.29) is 28.6 Å². The molecule has 0 aliphatic carbocycles. The molecule has 2 heterocycles. The summed E-state index contributed by atoms with van der Waals surface area (Å²) in [7, 11) is -3.73. The molecule has 2 N–H and O–H groups in total. The van der Waals surface area contributed by atoms with Crippen molar-refractivity contribution in [2.75, 3.05) is 13.2 Å². The Morgan fingerprint density at radius 2 is 1.81 bits per heavy atom. The number of carbonyl (C=O) groups excluding carboxylic acids is 3. The van der Waals surface area contributed by atoms with Gasteiger partial charge in [-0.25, -0.2) is 18.0 Å². The highest BCUT2D eigenvalue weighted by molar-refractivity contribution is 7.90. The number of aliphatic imine (C=N–C) groups is 1. The number of aromatic amines is 1. The van der Waals surface area contributed by atoms with Crippen molar-refractivity contribution in [3.05, 3.63) is 52.3 Å². The molecule has 170 valence electrons. The smallest absolute Gasteiger partial charge is 0.340 e. The molecule has 0 saturated heterocycles. The standard InChI is InChI=1S/C21H23N3O7S/c1-5-30-21(27)17-11(2)18(22-12(17)3)15(25)10-31-20(26)13(4)23-19-14-8-6-7-9-16(14)32(28,29)24-19/h6-9,13,22H,5,10H2,1-4H3,(H,23,24)/t13-/m0/s1. The highest BCUT2D eigenvalue weighted by Gasteiger charge is 2.31. The maximum absolute atomic E-state index is 12.5. The summed E-state index contributed by atoms with van der Waals surface area (Å²) in [5.74, 6) is -1.84. The number of Topliss-reactive ketones (excluding diaryl/α,β-unsaturated/α-hetero) is 1. The lowest BCUT2D eigenvalue weighted by molar-refractivity contribution is -0.143. The fraction of sp³-hybridized carbons (Fsp3) is 0.333. The van der Waals surface area contributed by atoms with Gasteiger partial charge in [0.15, 0.2) is 6.61 Å². The van der Waals surface area contributed by atoms with Crippen LogP contribution in [0, 0.1) is 13.8 Å². The van der Waals surface area contributed by atoms with Crippen molar-refractivity contribution in [2.45, 2.75) is 38.6 Å². The molecule has 0 bridgehead atoms. The van der Waals surface area contributed by atoms with Crippen molar-refractivity contribution in [2.24, 2.45) is 4.99 Å². The number of hydrogen-bond donors (Lipinski definition) is 2. The van der Waals surface area contributed by atoms with Gasteiger partial charge in [0.25, 0.3) is 10.0 Å². The largest absolute Gasteiger partial charge is 0.462 e. The number of benzene rings is 1. The fourth-order valence-electron chi connectivity index (χ4n) is 3.34. The number of hydrogen-bond acceptors (Lipinski definition) is 8. The van der Waals surface area contributed by atoms with E-state index in [0.717, 1.165) is 0 Å². The summed E-state index contributed by atoms with van der Waals surface area (Å²) >= 11 is 0. The molecule has 0 radical (unpaired) electrons. The summed E-state index contributed by atoms with van der Waals surface area (Å²) in [4.78, 5) is 44.0. The third-order valence-electron chi connectivity index (χ3n) is 4.87. The van der Waals surface area contributed by atoms with Crippen LogP contribution in [-0.2, 0) is 24.3 Å². The molecule has 0 fully saturated rings. The second kappa shape index (κ2) is 8.95. The third kappa shape index (κ3) is 4.42. The number of fused-ring (bicyclic) bond motifs is 1. The highest BCUT2D eigenvalue weighted by Crippen LogP contribution is 2.23. The minimum absolute atomic E-state index is 0.0336. The summed E-state index contributed by atoms with van der Waals surface area (Å²) in [5, 5.41) is 0. The number of sulfonamides is 1. The van der Waals surface area contributed by atoms with Gasteiger partial charge in [0.2, 0.25) is 5.78 Å². The van der Waals surface area contributed by atoms with Crippen LogP contribution in [0.5, 0.6) is 0 Å². The van der Waals surface area contributed by atoms with Crippen molar-refractivity contribution < 1.29 is 32.3 Å². The van der Waals surface area contributed by atoms with Crippen LogP contribution in [0.25, 0.3) is 0 Å². The number of ether oxygens (including phenoxy) is 2. The van der Waals surface area contributed by atoms with Crippen LogP contribution in [0.15, 0.2) is 34.2 Å². The molecule has 1 aromatic heterocycles. The van der Waals surface area contributed by atoms with Gasteiger partial charge in [-0.1, -0.05) is 12.1 Å². The zero-order valence-electron chi connectivity index (χ0n) is 18.0. The summed E-state index contributed by atoms with van der Waals surface area (Å²) in [6.07, 6.45) is 0. The Balaban J connectivity index is 1.69. The van der Waals surface area contributed by atoms with Gasteiger partial charge in [-0.3, -0.25) is 14.5 Å². The topological polar surface area (TPSA) is 144 Å². The number of esters is 2.